The van der Waals surface area contributed by atoms with Gasteiger partial charge < -0.3 is 14.4 Å². The van der Waals surface area contributed by atoms with Crippen molar-refractivity contribution in [1.82, 2.24) is 9.62 Å². The molecule has 0 aromatic heterocycles. The highest BCUT2D eigenvalue weighted by molar-refractivity contribution is 7.89. The van der Waals surface area contributed by atoms with Crippen LogP contribution in [0.15, 0.2) is 65.6 Å². The Morgan fingerprint density at radius 1 is 0.970 bits per heavy atom. The molecule has 3 aromatic rings. The molecular formula is C25H26N2O5S. The van der Waals surface area contributed by atoms with Gasteiger partial charge in [0.15, 0.2) is 11.5 Å². The van der Waals surface area contributed by atoms with Crippen molar-refractivity contribution in [2.75, 3.05) is 26.3 Å². The number of rotatable bonds is 6. The maximum Gasteiger partial charge on any atom is 0.240 e. The number of carbonyl (C=O) groups is 1. The third-order valence-corrected chi connectivity index (χ3v) is 7.65. The number of likely N-dealkylation sites (tertiary alicyclic amines) is 1. The van der Waals surface area contributed by atoms with E-state index in [-0.39, 0.29) is 29.8 Å². The molecule has 5 rings (SSSR count). The summed E-state index contributed by atoms with van der Waals surface area (Å²) in [5, 5.41) is 1.83. The fourth-order valence-corrected chi connectivity index (χ4v) is 5.60. The summed E-state index contributed by atoms with van der Waals surface area (Å²) in [7, 11) is -3.70. The van der Waals surface area contributed by atoms with E-state index < -0.39 is 10.0 Å². The minimum absolute atomic E-state index is 0.0366. The van der Waals surface area contributed by atoms with Gasteiger partial charge in [0.2, 0.25) is 15.9 Å². The second-order valence-electron chi connectivity index (χ2n) is 8.30. The zero-order chi connectivity index (χ0) is 22.8. The van der Waals surface area contributed by atoms with Crippen LogP contribution in [0.25, 0.3) is 10.8 Å². The topological polar surface area (TPSA) is 84.9 Å². The van der Waals surface area contributed by atoms with E-state index in [4.69, 9.17) is 9.47 Å². The number of benzene rings is 3. The molecule has 0 spiro atoms. The summed E-state index contributed by atoms with van der Waals surface area (Å²) >= 11 is 0. The van der Waals surface area contributed by atoms with Crippen molar-refractivity contribution in [1.29, 1.82) is 0 Å². The second kappa shape index (κ2) is 9.03. The third-order valence-electron chi connectivity index (χ3n) is 6.19. The lowest BCUT2D eigenvalue weighted by molar-refractivity contribution is -0.131. The van der Waals surface area contributed by atoms with Crippen molar-refractivity contribution in [3.05, 3.63) is 66.2 Å². The first-order valence-corrected chi connectivity index (χ1v) is 12.7. The Bertz CT molecular complexity index is 1290. The summed E-state index contributed by atoms with van der Waals surface area (Å²) in [5.74, 6) is 1.37. The average Bonchev–Trinajstić information content (AvgIpc) is 3.33. The highest BCUT2D eigenvalue weighted by Gasteiger charge is 2.30. The van der Waals surface area contributed by atoms with E-state index in [0.717, 1.165) is 34.9 Å². The van der Waals surface area contributed by atoms with Crippen LogP contribution in [-0.2, 0) is 14.8 Å². The molecule has 33 heavy (non-hydrogen) atoms. The molecule has 7 nitrogen and oxygen atoms in total. The normalized spacial score (nSPS) is 17.9. The highest BCUT2D eigenvalue weighted by Crippen LogP contribution is 2.38. The number of amides is 1. The van der Waals surface area contributed by atoms with E-state index in [1.165, 1.54) is 0 Å². The van der Waals surface area contributed by atoms with Gasteiger partial charge in [-0.15, -0.1) is 0 Å². The van der Waals surface area contributed by atoms with Gasteiger partial charge in [-0.05, 0) is 53.4 Å². The van der Waals surface area contributed by atoms with E-state index in [1.807, 2.05) is 47.4 Å². The molecule has 0 aliphatic carbocycles. The quantitative estimate of drug-likeness (QED) is 0.600. The number of ether oxygens (including phenoxy) is 2. The number of fused-ring (bicyclic) bond motifs is 2. The molecule has 8 heteroatoms. The zero-order valence-electron chi connectivity index (χ0n) is 18.2. The van der Waals surface area contributed by atoms with Crippen LogP contribution in [0.4, 0.5) is 0 Å². The van der Waals surface area contributed by atoms with Crippen LogP contribution in [0.2, 0.25) is 0 Å². The van der Waals surface area contributed by atoms with Crippen molar-refractivity contribution in [2.24, 2.45) is 0 Å². The van der Waals surface area contributed by atoms with Crippen LogP contribution in [0.1, 0.15) is 30.9 Å². The predicted molar refractivity (Wildman–Crippen MR) is 125 cm³/mol. The predicted octanol–water partition coefficient (Wildman–Crippen LogP) is 3.64. The van der Waals surface area contributed by atoms with Crippen LogP contribution in [0.5, 0.6) is 11.5 Å². The molecule has 0 bridgehead atoms. The zero-order valence-corrected chi connectivity index (χ0v) is 19.0. The molecule has 1 amide bonds. The van der Waals surface area contributed by atoms with Gasteiger partial charge >= 0.3 is 0 Å². The van der Waals surface area contributed by atoms with Gasteiger partial charge in [-0.25, -0.2) is 13.1 Å². The van der Waals surface area contributed by atoms with Gasteiger partial charge in [-0.3, -0.25) is 4.79 Å². The van der Waals surface area contributed by atoms with E-state index in [1.54, 1.807) is 18.2 Å². The van der Waals surface area contributed by atoms with Gasteiger partial charge in [0, 0.05) is 19.5 Å². The Labute approximate surface area is 193 Å². The molecule has 1 N–H and O–H groups in total. The fraction of sp³-hybridized carbons (Fsp3) is 0.320. The first-order valence-electron chi connectivity index (χ1n) is 11.2. The minimum atomic E-state index is -3.70. The Hall–Kier alpha value is -3.10. The summed E-state index contributed by atoms with van der Waals surface area (Å²) in [6.07, 6.45) is 1.88. The SMILES string of the molecule is O=C(CCNS(=O)(=O)c1ccc2ccccc2c1)N1CCC[C@@H]1c1ccc2c(c1)OCCO2. The van der Waals surface area contributed by atoms with Crippen molar-refractivity contribution < 1.29 is 22.7 Å². The van der Waals surface area contributed by atoms with Gasteiger partial charge in [0.25, 0.3) is 0 Å². The first kappa shape index (κ1) is 21.7. The molecule has 1 saturated heterocycles. The Kier molecular flexibility index (Phi) is 5.95. The van der Waals surface area contributed by atoms with Crippen molar-refractivity contribution in [3.8, 4) is 11.5 Å². The lowest BCUT2D eigenvalue weighted by Gasteiger charge is -2.27. The lowest BCUT2D eigenvalue weighted by atomic mass is 10.0. The van der Waals surface area contributed by atoms with E-state index in [9.17, 15) is 13.2 Å². The summed E-state index contributed by atoms with van der Waals surface area (Å²) in [5.41, 5.74) is 1.02. The molecule has 2 aliphatic heterocycles. The van der Waals surface area contributed by atoms with Gasteiger partial charge in [0.1, 0.15) is 13.2 Å². The second-order valence-corrected chi connectivity index (χ2v) is 10.1. The van der Waals surface area contributed by atoms with Gasteiger partial charge in [-0.2, -0.15) is 0 Å². The average molecular weight is 467 g/mol. The molecule has 0 unspecified atom stereocenters. The molecule has 0 saturated carbocycles. The largest absolute Gasteiger partial charge is 0.486 e. The summed E-state index contributed by atoms with van der Waals surface area (Å²) < 4.78 is 39.3. The molecule has 2 aliphatic rings. The van der Waals surface area contributed by atoms with Gasteiger partial charge in [0.05, 0.1) is 10.9 Å². The Morgan fingerprint density at radius 3 is 2.61 bits per heavy atom. The standard InChI is InChI=1S/C25H26N2O5S/c28-25(11-12-26-33(29,30)21-9-7-18-4-1-2-5-19(18)16-21)27-13-3-6-22(27)20-8-10-23-24(17-20)32-15-14-31-23/h1-2,4-5,7-10,16-17,22,26H,3,6,11-15H2/t22-/m1/s1. The molecule has 3 aromatic carbocycles. The molecule has 1 atom stereocenters. The Balaban J connectivity index is 1.23. The van der Waals surface area contributed by atoms with E-state index >= 15 is 0 Å². The summed E-state index contributed by atoms with van der Waals surface area (Å²) in [4.78, 5) is 15.0. The summed E-state index contributed by atoms with van der Waals surface area (Å²) in [6, 6.07) is 18.4. The van der Waals surface area contributed by atoms with Crippen molar-refractivity contribution in [3.63, 3.8) is 0 Å². The summed E-state index contributed by atoms with van der Waals surface area (Å²) in [6.45, 7) is 1.77. The van der Waals surface area contributed by atoms with Crippen LogP contribution in [0.3, 0.4) is 0 Å². The number of sulfonamides is 1. The maximum absolute atomic E-state index is 13.0. The Morgan fingerprint density at radius 2 is 1.76 bits per heavy atom. The van der Waals surface area contributed by atoms with Crippen LogP contribution in [-0.4, -0.2) is 45.5 Å². The molecule has 172 valence electrons. The fourth-order valence-electron chi connectivity index (χ4n) is 4.53. The van der Waals surface area contributed by atoms with Crippen LogP contribution < -0.4 is 14.2 Å². The van der Waals surface area contributed by atoms with Crippen molar-refractivity contribution >= 4 is 26.7 Å². The first-order chi connectivity index (χ1) is 16.0. The monoisotopic (exact) mass is 466 g/mol. The molecule has 1 fully saturated rings. The number of carbonyl (C=O) groups excluding carboxylic acids is 1. The third kappa shape index (κ3) is 4.54. The van der Waals surface area contributed by atoms with E-state index in [2.05, 4.69) is 4.72 Å². The van der Waals surface area contributed by atoms with Crippen molar-refractivity contribution in [2.45, 2.75) is 30.2 Å². The van der Waals surface area contributed by atoms with Gasteiger partial charge in [-0.1, -0.05) is 36.4 Å². The molecular weight excluding hydrogens is 440 g/mol. The maximum atomic E-state index is 13.0. The lowest BCUT2D eigenvalue weighted by Crippen LogP contribution is -2.34. The number of nitrogens with zero attached hydrogens (tertiary/aromatic N) is 1. The van der Waals surface area contributed by atoms with E-state index in [0.29, 0.717) is 25.5 Å². The smallest absolute Gasteiger partial charge is 0.240 e. The minimum Gasteiger partial charge on any atom is -0.486 e. The number of hydrogen-bond acceptors (Lipinski definition) is 5. The van der Waals surface area contributed by atoms with Crippen LogP contribution >= 0.6 is 0 Å². The molecule has 0 radical (unpaired) electrons. The number of hydrogen-bond donors (Lipinski definition) is 1. The number of nitrogens with one attached hydrogen (secondary N) is 1. The molecule has 2 heterocycles. The highest BCUT2D eigenvalue weighted by atomic mass is 32.2. The van der Waals surface area contributed by atoms with Crippen LogP contribution in [0, 0.1) is 0 Å².